The molecule has 0 radical (unpaired) electrons. The third kappa shape index (κ3) is 4.37. The lowest BCUT2D eigenvalue weighted by Gasteiger charge is -2.33. The van der Waals surface area contributed by atoms with Crippen molar-refractivity contribution in [2.24, 2.45) is 5.73 Å². The highest BCUT2D eigenvalue weighted by atomic mass is 35.5. The summed E-state index contributed by atoms with van der Waals surface area (Å²) in [6.07, 6.45) is 2.18. The van der Waals surface area contributed by atoms with Gasteiger partial charge in [-0.3, -0.25) is 0 Å². The number of benzene rings is 1. The van der Waals surface area contributed by atoms with Gasteiger partial charge in [-0.1, -0.05) is 31.5 Å². The van der Waals surface area contributed by atoms with E-state index in [2.05, 4.69) is 30.9 Å². The summed E-state index contributed by atoms with van der Waals surface area (Å²) in [7, 11) is 1.73. The minimum Gasteiger partial charge on any atom is -0.383 e. The van der Waals surface area contributed by atoms with Crippen molar-refractivity contribution < 1.29 is 4.74 Å². The predicted molar refractivity (Wildman–Crippen MR) is 87.6 cm³/mol. The molecule has 0 amide bonds. The molecule has 1 atom stereocenters. The highest BCUT2D eigenvalue weighted by molar-refractivity contribution is 6.33. The van der Waals surface area contributed by atoms with Crippen LogP contribution in [-0.2, 0) is 4.74 Å². The highest BCUT2D eigenvalue weighted by Crippen LogP contribution is 2.31. The molecule has 2 N–H and O–H groups in total. The van der Waals surface area contributed by atoms with E-state index in [9.17, 15) is 0 Å². The molecule has 3 nitrogen and oxygen atoms in total. The van der Waals surface area contributed by atoms with Crippen molar-refractivity contribution in [1.29, 1.82) is 0 Å². The number of methoxy groups -OCH3 is 1. The second kappa shape index (κ2) is 8.50. The van der Waals surface area contributed by atoms with Gasteiger partial charge in [0.1, 0.15) is 0 Å². The van der Waals surface area contributed by atoms with E-state index in [-0.39, 0.29) is 6.04 Å². The van der Waals surface area contributed by atoms with E-state index >= 15 is 0 Å². The third-order valence-corrected chi connectivity index (χ3v) is 4.03. The first-order valence-corrected chi connectivity index (χ1v) is 7.73. The van der Waals surface area contributed by atoms with Crippen molar-refractivity contribution >= 4 is 17.3 Å². The molecule has 0 bridgehead atoms. The Balaban J connectivity index is 3.06. The van der Waals surface area contributed by atoms with Gasteiger partial charge in [-0.2, -0.15) is 0 Å². The van der Waals surface area contributed by atoms with Crippen LogP contribution in [0.4, 0.5) is 5.69 Å². The summed E-state index contributed by atoms with van der Waals surface area (Å²) in [5, 5.41) is 0.766. The zero-order valence-electron chi connectivity index (χ0n) is 13.0. The van der Waals surface area contributed by atoms with Crippen LogP contribution in [0.25, 0.3) is 0 Å². The van der Waals surface area contributed by atoms with Gasteiger partial charge < -0.3 is 15.4 Å². The molecule has 114 valence electrons. The van der Waals surface area contributed by atoms with E-state index < -0.39 is 0 Å². The van der Waals surface area contributed by atoms with Gasteiger partial charge in [0.15, 0.2) is 0 Å². The lowest BCUT2D eigenvalue weighted by Crippen LogP contribution is -2.37. The molecule has 20 heavy (non-hydrogen) atoms. The van der Waals surface area contributed by atoms with Gasteiger partial charge >= 0.3 is 0 Å². The average Bonchev–Trinajstić information content (AvgIpc) is 2.43. The van der Waals surface area contributed by atoms with E-state index in [1.165, 1.54) is 0 Å². The second-order valence-electron chi connectivity index (χ2n) is 5.16. The quantitative estimate of drug-likeness (QED) is 0.788. The number of hydrogen-bond donors (Lipinski definition) is 1. The van der Waals surface area contributed by atoms with Gasteiger partial charge in [0, 0.05) is 25.7 Å². The molecule has 0 fully saturated rings. The Morgan fingerprint density at radius 1 is 1.30 bits per heavy atom. The van der Waals surface area contributed by atoms with Crippen LogP contribution >= 0.6 is 11.6 Å². The molecule has 0 aliphatic carbocycles. The van der Waals surface area contributed by atoms with Crippen molar-refractivity contribution in [3.63, 3.8) is 0 Å². The summed E-state index contributed by atoms with van der Waals surface area (Å²) in [6, 6.07) is 6.60. The van der Waals surface area contributed by atoms with Crippen LogP contribution in [0.5, 0.6) is 0 Å². The number of halogens is 1. The van der Waals surface area contributed by atoms with E-state index in [0.717, 1.165) is 35.7 Å². The highest BCUT2D eigenvalue weighted by Gasteiger charge is 2.18. The monoisotopic (exact) mass is 298 g/mol. The van der Waals surface area contributed by atoms with Crippen LogP contribution < -0.4 is 10.6 Å². The number of ether oxygens (including phenoxy) is 1. The smallest absolute Gasteiger partial charge is 0.0643 e. The van der Waals surface area contributed by atoms with Gasteiger partial charge in [0.25, 0.3) is 0 Å². The van der Waals surface area contributed by atoms with E-state index in [0.29, 0.717) is 12.6 Å². The molecule has 0 spiro atoms. The summed E-state index contributed by atoms with van der Waals surface area (Å²) in [4.78, 5) is 2.34. The van der Waals surface area contributed by atoms with Crippen molar-refractivity contribution in [2.45, 2.75) is 45.7 Å². The van der Waals surface area contributed by atoms with Gasteiger partial charge in [0.05, 0.1) is 17.3 Å². The minimum absolute atomic E-state index is 0.00197. The Hall–Kier alpha value is -0.770. The van der Waals surface area contributed by atoms with Gasteiger partial charge in [0.2, 0.25) is 0 Å². The first-order valence-electron chi connectivity index (χ1n) is 7.35. The van der Waals surface area contributed by atoms with E-state index in [1.54, 1.807) is 7.11 Å². The molecule has 0 aromatic heterocycles. The predicted octanol–water partition coefficient (Wildman–Crippen LogP) is 4.00. The fourth-order valence-corrected chi connectivity index (χ4v) is 2.76. The minimum atomic E-state index is 0.00197. The van der Waals surface area contributed by atoms with Crippen LogP contribution in [0.2, 0.25) is 5.02 Å². The van der Waals surface area contributed by atoms with Crippen LogP contribution in [0.1, 0.15) is 45.2 Å². The summed E-state index contributed by atoms with van der Waals surface area (Å²) < 4.78 is 5.23. The number of nitrogens with two attached hydrogens (primary N) is 1. The molecule has 0 aliphatic heterocycles. The fourth-order valence-electron chi connectivity index (χ4n) is 2.46. The maximum Gasteiger partial charge on any atom is 0.0643 e. The van der Waals surface area contributed by atoms with Gasteiger partial charge in [-0.15, -0.1) is 0 Å². The first kappa shape index (κ1) is 17.3. The van der Waals surface area contributed by atoms with Crippen molar-refractivity contribution in [1.82, 2.24) is 0 Å². The van der Waals surface area contributed by atoms with E-state index in [1.807, 2.05) is 13.0 Å². The Kier molecular flexibility index (Phi) is 7.35. The zero-order valence-corrected chi connectivity index (χ0v) is 13.8. The molecule has 0 saturated carbocycles. The summed E-state index contributed by atoms with van der Waals surface area (Å²) in [5.74, 6) is 0. The topological polar surface area (TPSA) is 38.5 Å². The Morgan fingerprint density at radius 2 is 1.95 bits per heavy atom. The summed E-state index contributed by atoms with van der Waals surface area (Å²) in [6.45, 7) is 7.92. The lowest BCUT2D eigenvalue weighted by atomic mass is 10.1. The van der Waals surface area contributed by atoms with Crippen molar-refractivity contribution in [3.05, 3.63) is 28.8 Å². The fraction of sp³-hybridized carbons (Fsp3) is 0.625. The van der Waals surface area contributed by atoms with Gasteiger partial charge in [-0.05, 0) is 37.5 Å². The molecule has 1 rings (SSSR count). The lowest BCUT2D eigenvalue weighted by molar-refractivity contribution is 0.202. The normalized spacial score (nSPS) is 12.8. The molecule has 1 aromatic carbocycles. The van der Waals surface area contributed by atoms with Crippen molar-refractivity contribution in [2.75, 3.05) is 25.2 Å². The maximum atomic E-state index is 6.47. The molecule has 4 heteroatoms. The molecule has 0 aliphatic rings. The third-order valence-electron chi connectivity index (χ3n) is 3.73. The molecule has 0 heterocycles. The van der Waals surface area contributed by atoms with Crippen LogP contribution in [-0.4, -0.2) is 26.3 Å². The van der Waals surface area contributed by atoms with Crippen LogP contribution in [0.3, 0.4) is 0 Å². The van der Waals surface area contributed by atoms with E-state index in [4.69, 9.17) is 22.1 Å². The van der Waals surface area contributed by atoms with Gasteiger partial charge in [-0.25, -0.2) is 0 Å². The SMILES string of the molecule is CCC(CC)N(CCOC)c1ccc([C@@H](C)N)cc1Cl. The molecular formula is C16H27ClN2O. The van der Waals surface area contributed by atoms with Crippen molar-refractivity contribution in [3.8, 4) is 0 Å². The number of hydrogen-bond acceptors (Lipinski definition) is 3. The largest absolute Gasteiger partial charge is 0.383 e. The Labute approximate surface area is 128 Å². The number of nitrogens with zero attached hydrogens (tertiary/aromatic N) is 1. The average molecular weight is 299 g/mol. The van der Waals surface area contributed by atoms with Crippen LogP contribution in [0, 0.1) is 0 Å². The maximum absolute atomic E-state index is 6.47. The molecular weight excluding hydrogens is 272 g/mol. The number of rotatable bonds is 8. The summed E-state index contributed by atoms with van der Waals surface area (Å²) in [5.41, 5.74) is 8.04. The Bertz CT molecular complexity index is 405. The molecule has 0 unspecified atom stereocenters. The summed E-state index contributed by atoms with van der Waals surface area (Å²) >= 11 is 6.47. The molecule has 1 aromatic rings. The second-order valence-corrected chi connectivity index (χ2v) is 5.56. The number of anilines is 1. The first-order chi connectivity index (χ1) is 9.54. The van der Waals surface area contributed by atoms with Crippen LogP contribution in [0.15, 0.2) is 18.2 Å². The standard InChI is InChI=1S/C16H27ClN2O/c1-5-14(6-2)19(9-10-20-4)16-8-7-13(12(3)18)11-15(16)17/h7-8,11-12,14H,5-6,9-10,18H2,1-4H3/t12-/m1/s1. The zero-order chi connectivity index (χ0) is 15.1. The molecule has 0 saturated heterocycles. The Morgan fingerprint density at radius 3 is 2.40 bits per heavy atom.